The third kappa shape index (κ3) is 2.74. The fourth-order valence-corrected chi connectivity index (χ4v) is 2.35. The molecule has 0 N–H and O–H groups in total. The average Bonchev–Trinajstić information content (AvgIpc) is 2.31. The smallest absolute Gasteiger partial charge is 0.122 e. The van der Waals surface area contributed by atoms with E-state index in [2.05, 4.69) is 18.2 Å². The molecule has 15 heavy (non-hydrogen) atoms. The minimum atomic E-state index is 1.04. The Kier molecular flexibility index (Phi) is 3.65. The minimum Gasteiger partial charge on any atom is -0.496 e. The van der Waals surface area contributed by atoms with E-state index in [1.165, 1.54) is 37.7 Å². The molecular weight excluding hydrogens is 184 g/mol. The van der Waals surface area contributed by atoms with Crippen molar-refractivity contribution in [3.63, 3.8) is 0 Å². The highest BCUT2D eigenvalue weighted by molar-refractivity contribution is 5.35. The summed E-state index contributed by atoms with van der Waals surface area (Å²) in [5.74, 6) is 2.74. The van der Waals surface area contributed by atoms with Gasteiger partial charge in [-0.3, -0.25) is 0 Å². The van der Waals surface area contributed by atoms with Crippen LogP contribution >= 0.6 is 0 Å². The highest BCUT2D eigenvalue weighted by Gasteiger charge is 2.15. The molecule has 1 radical (unpaired) electrons. The average molecular weight is 203 g/mol. The van der Waals surface area contributed by atoms with Crippen LogP contribution in [-0.4, -0.2) is 7.11 Å². The number of rotatable bonds is 3. The molecule has 1 nitrogen and oxygen atoms in total. The first-order valence-corrected chi connectivity index (χ1v) is 5.85. The third-order valence-electron chi connectivity index (χ3n) is 3.19. The number of hydrogen-bond donors (Lipinski definition) is 0. The van der Waals surface area contributed by atoms with Gasteiger partial charge in [0.15, 0.2) is 0 Å². The molecule has 0 heterocycles. The fourth-order valence-electron chi connectivity index (χ4n) is 2.35. The maximum absolute atomic E-state index is 5.37. The Morgan fingerprint density at radius 3 is 2.53 bits per heavy atom. The van der Waals surface area contributed by atoms with Crippen LogP contribution < -0.4 is 4.74 Å². The number of benzene rings is 1. The van der Waals surface area contributed by atoms with Crippen molar-refractivity contribution < 1.29 is 4.74 Å². The number of ether oxygens (including phenoxy) is 1. The van der Waals surface area contributed by atoms with Gasteiger partial charge in [-0.25, -0.2) is 0 Å². The largest absolute Gasteiger partial charge is 0.496 e. The van der Waals surface area contributed by atoms with Gasteiger partial charge >= 0.3 is 0 Å². The van der Waals surface area contributed by atoms with Crippen molar-refractivity contribution in [1.29, 1.82) is 0 Å². The SMILES string of the molecule is COc1ccccc1C[C]1CCCCC1. The summed E-state index contributed by atoms with van der Waals surface area (Å²) in [6.07, 6.45) is 7.92. The lowest BCUT2D eigenvalue weighted by atomic mass is 9.85. The summed E-state index contributed by atoms with van der Waals surface area (Å²) in [6, 6.07) is 8.37. The fraction of sp³-hybridized carbons (Fsp3) is 0.500. The van der Waals surface area contributed by atoms with Crippen molar-refractivity contribution in [2.75, 3.05) is 7.11 Å². The van der Waals surface area contributed by atoms with Crippen LogP contribution in [0, 0.1) is 5.92 Å². The van der Waals surface area contributed by atoms with Gasteiger partial charge in [0.2, 0.25) is 0 Å². The monoisotopic (exact) mass is 203 g/mol. The molecule has 1 saturated carbocycles. The summed E-state index contributed by atoms with van der Waals surface area (Å²) in [5, 5.41) is 0. The highest BCUT2D eigenvalue weighted by atomic mass is 16.5. The molecule has 1 aromatic rings. The quantitative estimate of drug-likeness (QED) is 0.726. The predicted octanol–water partition coefficient (Wildman–Crippen LogP) is 3.78. The molecule has 2 rings (SSSR count). The molecule has 0 aromatic heterocycles. The molecular formula is C14H19O. The Labute approximate surface area is 92.5 Å². The molecule has 1 heteroatoms. The summed E-state index contributed by atoms with van der Waals surface area (Å²) < 4.78 is 5.37. The zero-order chi connectivity index (χ0) is 10.5. The topological polar surface area (TPSA) is 9.23 Å². The number of para-hydroxylation sites is 1. The molecule has 0 amide bonds. The van der Waals surface area contributed by atoms with Gasteiger partial charge in [-0.05, 0) is 36.8 Å². The minimum absolute atomic E-state index is 1.04. The summed E-state index contributed by atoms with van der Waals surface area (Å²) >= 11 is 0. The first-order valence-electron chi connectivity index (χ1n) is 5.85. The van der Waals surface area contributed by atoms with E-state index in [1.807, 2.05) is 6.07 Å². The first kappa shape index (κ1) is 10.5. The van der Waals surface area contributed by atoms with Crippen LogP contribution in [0.1, 0.15) is 37.7 Å². The van der Waals surface area contributed by atoms with Gasteiger partial charge in [0, 0.05) is 0 Å². The Morgan fingerprint density at radius 2 is 1.80 bits per heavy atom. The van der Waals surface area contributed by atoms with Crippen LogP contribution in [0.4, 0.5) is 0 Å². The van der Waals surface area contributed by atoms with Crippen molar-refractivity contribution in [3.8, 4) is 5.75 Å². The molecule has 0 saturated heterocycles. The van der Waals surface area contributed by atoms with Crippen LogP contribution in [0.15, 0.2) is 24.3 Å². The van der Waals surface area contributed by atoms with Crippen LogP contribution in [0.5, 0.6) is 5.75 Å². The molecule has 1 aromatic carbocycles. The zero-order valence-electron chi connectivity index (χ0n) is 9.46. The lowest BCUT2D eigenvalue weighted by Crippen LogP contribution is -2.07. The molecule has 81 valence electrons. The molecule has 0 unspecified atom stereocenters. The van der Waals surface area contributed by atoms with E-state index in [9.17, 15) is 0 Å². The van der Waals surface area contributed by atoms with Gasteiger partial charge in [-0.1, -0.05) is 37.5 Å². The maximum atomic E-state index is 5.37. The van der Waals surface area contributed by atoms with Crippen molar-refractivity contribution in [1.82, 2.24) is 0 Å². The normalized spacial score (nSPS) is 17.7. The Balaban J connectivity index is 2.02. The standard InChI is InChI=1S/C14H19O/c1-15-14-10-6-5-9-13(14)11-12-7-3-2-4-8-12/h5-6,9-10H,2-4,7-8,11H2,1H3. The summed E-state index contributed by atoms with van der Waals surface area (Å²) in [6.45, 7) is 0. The van der Waals surface area contributed by atoms with E-state index in [-0.39, 0.29) is 0 Å². The van der Waals surface area contributed by atoms with E-state index in [4.69, 9.17) is 4.74 Å². The van der Waals surface area contributed by atoms with Crippen molar-refractivity contribution in [3.05, 3.63) is 35.7 Å². The molecule has 0 bridgehead atoms. The zero-order valence-corrected chi connectivity index (χ0v) is 9.46. The van der Waals surface area contributed by atoms with Gasteiger partial charge in [-0.2, -0.15) is 0 Å². The Morgan fingerprint density at radius 1 is 1.07 bits per heavy atom. The van der Waals surface area contributed by atoms with E-state index in [0.29, 0.717) is 0 Å². The molecule has 1 fully saturated rings. The van der Waals surface area contributed by atoms with Crippen LogP contribution in [-0.2, 0) is 6.42 Å². The predicted molar refractivity (Wildman–Crippen MR) is 63.0 cm³/mol. The van der Waals surface area contributed by atoms with Crippen LogP contribution in [0.3, 0.4) is 0 Å². The molecule has 0 aliphatic heterocycles. The van der Waals surface area contributed by atoms with Gasteiger partial charge in [-0.15, -0.1) is 0 Å². The van der Waals surface area contributed by atoms with Gasteiger partial charge < -0.3 is 4.74 Å². The van der Waals surface area contributed by atoms with E-state index in [0.717, 1.165) is 12.2 Å². The van der Waals surface area contributed by atoms with Crippen LogP contribution in [0.2, 0.25) is 0 Å². The first-order chi connectivity index (χ1) is 7.40. The van der Waals surface area contributed by atoms with E-state index < -0.39 is 0 Å². The van der Waals surface area contributed by atoms with Gasteiger partial charge in [0.25, 0.3) is 0 Å². The number of hydrogen-bond acceptors (Lipinski definition) is 1. The van der Waals surface area contributed by atoms with Crippen LogP contribution in [0.25, 0.3) is 0 Å². The maximum Gasteiger partial charge on any atom is 0.122 e. The highest BCUT2D eigenvalue weighted by Crippen LogP contribution is 2.31. The van der Waals surface area contributed by atoms with Gasteiger partial charge in [0.1, 0.15) is 5.75 Å². The second-order valence-corrected chi connectivity index (χ2v) is 4.30. The lowest BCUT2D eigenvalue weighted by Gasteiger charge is -2.21. The third-order valence-corrected chi connectivity index (χ3v) is 3.19. The lowest BCUT2D eigenvalue weighted by molar-refractivity contribution is 0.408. The van der Waals surface area contributed by atoms with E-state index >= 15 is 0 Å². The van der Waals surface area contributed by atoms with Crippen molar-refractivity contribution in [2.45, 2.75) is 38.5 Å². The summed E-state index contributed by atoms with van der Waals surface area (Å²) in [7, 11) is 1.75. The second-order valence-electron chi connectivity index (χ2n) is 4.30. The number of methoxy groups -OCH3 is 1. The van der Waals surface area contributed by atoms with Crippen molar-refractivity contribution >= 4 is 0 Å². The molecule has 0 atom stereocenters. The molecule has 1 aliphatic rings. The molecule has 0 spiro atoms. The van der Waals surface area contributed by atoms with Crippen molar-refractivity contribution in [2.24, 2.45) is 0 Å². The Bertz CT molecular complexity index is 300. The Hall–Kier alpha value is -0.980. The molecule has 1 aliphatic carbocycles. The van der Waals surface area contributed by atoms with E-state index in [1.54, 1.807) is 13.0 Å². The summed E-state index contributed by atoms with van der Waals surface area (Å²) in [4.78, 5) is 0. The summed E-state index contributed by atoms with van der Waals surface area (Å²) in [5.41, 5.74) is 1.34. The second kappa shape index (κ2) is 5.20. The van der Waals surface area contributed by atoms with Gasteiger partial charge in [0.05, 0.1) is 7.11 Å².